The Morgan fingerprint density at radius 2 is 1.68 bits per heavy atom. The molecule has 7 heteroatoms. The third-order valence-electron chi connectivity index (χ3n) is 5.95. The van der Waals surface area contributed by atoms with E-state index in [1.807, 2.05) is 50.2 Å². The standard InChI is InChI=1S/C27H20N2O5/c1-15-7-8-16(2)23(11-15)29-25(31)19-10-9-17(12-20(19)26(29)32)27(33)34-14-24(30)21-13-28-22-6-4-3-5-18(21)22/h3-13,28H,14H2,1-2H3. The predicted molar refractivity (Wildman–Crippen MR) is 126 cm³/mol. The summed E-state index contributed by atoms with van der Waals surface area (Å²) in [5.74, 6) is -2.04. The second kappa shape index (κ2) is 8.12. The highest BCUT2D eigenvalue weighted by molar-refractivity contribution is 6.35. The van der Waals surface area contributed by atoms with E-state index < -0.39 is 24.4 Å². The molecule has 0 bridgehead atoms. The topological polar surface area (TPSA) is 96.5 Å². The van der Waals surface area contributed by atoms with Crippen LogP contribution in [0.3, 0.4) is 0 Å². The van der Waals surface area contributed by atoms with Crippen LogP contribution in [-0.2, 0) is 4.74 Å². The van der Waals surface area contributed by atoms with Gasteiger partial charge in [0.15, 0.2) is 6.61 Å². The monoisotopic (exact) mass is 452 g/mol. The molecule has 5 rings (SSSR count). The Morgan fingerprint density at radius 3 is 2.50 bits per heavy atom. The molecule has 4 aromatic rings. The number of fused-ring (bicyclic) bond motifs is 2. The predicted octanol–water partition coefficient (Wildman–Crippen LogP) is 4.63. The van der Waals surface area contributed by atoms with Crippen LogP contribution in [-0.4, -0.2) is 35.2 Å². The Balaban J connectivity index is 1.35. The zero-order valence-electron chi connectivity index (χ0n) is 18.5. The van der Waals surface area contributed by atoms with Crippen LogP contribution in [0.1, 0.15) is 52.6 Å². The molecule has 1 aromatic heterocycles. The van der Waals surface area contributed by atoms with Gasteiger partial charge in [0.05, 0.1) is 22.4 Å². The number of anilines is 1. The van der Waals surface area contributed by atoms with Crippen LogP contribution in [0.2, 0.25) is 0 Å². The number of hydrogen-bond donors (Lipinski definition) is 1. The number of amides is 2. The Labute approximate surface area is 195 Å². The molecule has 0 unspecified atom stereocenters. The number of ketones is 1. The van der Waals surface area contributed by atoms with Crippen molar-refractivity contribution in [3.05, 3.63) is 100 Å². The average molecular weight is 452 g/mol. The number of Topliss-reactive ketones (excluding diaryl/α,β-unsaturated/α-hetero) is 1. The Hall–Kier alpha value is -4.52. The van der Waals surface area contributed by atoms with Gasteiger partial charge in [-0.05, 0) is 55.3 Å². The third kappa shape index (κ3) is 3.47. The van der Waals surface area contributed by atoms with Gasteiger partial charge in [0, 0.05) is 22.7 Å². The lowest BCUT2D eigenvalue weighted by Gasteiger charge is -2.17. The first kappa shape index (κ1) is 21.3. The van der Waals surface area contributed by atoms with Crippen molar-refractivity contribution in [2.24, 2.45) is 0 Å². The lowest BCUT2D eigenvalue weighted by Crippen LogP contribution is -2.30. The maximum Gasteiger partial charge on any atom is 0.338 e. The summed E-state index contributed by atoms with van der Waals surface area (Å²) >= 11 is 0. The largest absolute Gasteiger partial charge is 0.454 e. The average Bonchev–Trinajstić information content (AvgIpc) is 3.38. The number of aromatic amines is 1. The number of carbonyl (C=O) groups excluding carboxylic acids is 4. The van der Waals surface area contributed by atoms with Gasteiger partial charge in [0.1, 0.15) is 0 Å². The quantitative estimate of drug-likeness (QED) is 0.271. The number of nitrogens with one attached hydrogen (secondary N) is 1. The zero-order valence-corrected chi connectivity index (χ0v) is 18.5. The van der Waals surface area contributed by atoms with Gasteiger partial charge >= 0.3 is 5.97 Å². The molecule has 3 aromatic carbocycles. The van der Waals surface area contributed by atoms with Gasteiger partial charge in [-0.25, -0.2) is 9.69 Å². The number of para-hydroxylation sites is 1. The molecular weight excluding hydrogens is 432 g/mol. The number of benzene rings is 3. The summed E-state index contributed by atoms with van der Waals surface area (Å²) in [6.45, 7) is 3.26. The second-order valence-electron chi connectivity index (χ2n) is 8.24. The normalized spacial score (nSPS) is 12.8. The van der Waals surface area contributed by atoms with Crippen LogP contribution in [0.25, 0.3) is 10.9 Å². The van der Waals surface area contributed by atoms with Crippen LogP contribution in [0, 0.1) is 13.8 Å². The van der Waals surface area contributed by atoms with E-state index in [4.69, 9.17) is 4.74 Å². The molecule has 2 amide bonds. The number of aromatic nitrogens is 1. The first-order chi connectivity index (χ1) is 16.3. The minimum atomic E-state index is -0.749. The van der Waals surface area contributed by atoms with Crippen molar-refractivity contribution in [2.75, 3.05) is 11.5 Å². The molecule has 1 aliphatic rings. The summed E-state index contributed by atoms with van der Waals surface area (Å²) in [4.78, 5) is 55.4. The Bertz CT molecular complexity index is 1510. The second-order valence-corrected chi connectivity index (χ2v) is 8.24. The van der Waals surface area contributed by atoms with Crippen molar-refractivity contribution in [1.29, 1.82) is 0 Å². The summed E-state index contributed by atoms with van der Waals surface area (Å²) in [6, 6.07) is 17.1. The number of aryl methyl sites for hydroxylation is 2. The number of esters is 1. The van der Waals surface area contributed by atoms with Gasteiger partial charge in [0.2, 0.25) is 5.78 Å². The van der Waals surface area contributed by atoms with Crippen LogP contribution in [0.15, 0.2) is 66.9 Å². The van der Waals surface area contributed by atoms with E-state index >= 15 is 0 Å². The number of rotatable bonds is 5. The van der Waals surface area contributed by atoms with Gasteiger partial charge in [-0.3, -0.25) is 14.4 Å². The summed E-state index contributed by atoms with van der Waals surface area (Å²) in [6.07, 6.45) is 1.59. The van der Waals surface area contributed by atoms with Crippen molar-refractivity contribution in [3.8, 4) is 0 Å². The van der Waals surface area contributed by atoms with E-state index in [1.54, 1.807) is 12.3 Å². The lowest BCUT2D eigenvalue weighted by molar-refractivity contribution is 0.0475. The van der Waals surface area contributed by atoms with Crippen LogP contribution in [0.4, 0.5) is 5.69 Å². The van der Waals surface area contributed by atoms with Crippen LogP contribution >= 0.6 is 0 Å². The van der Waals surface area contributed by atoms with Crippen molar-refractivity contribution in [2.45, 2.75) is 13.8 Å². The summed E-state index contributed by atoms with van der Waals surface area (Å²) in [7, 11) is 0. The smallest absolute Gasteiger partial charge is 0.338 e. The summed E-state index contributed by atoms with van der Waals surface area (Å²) < 4.78 is 5.22. The molecule has 2 heterocycles. The Morgan fingerprint density at radius 1 is 0.912 bits per heavy atom. The van der Waals surface area contributed by atoms with Crippen molar-refractivity contribution >= 4 is 40.2 Å². The lowest BCUT2D eigenvalue weighted by atomic mass is 10.1. The van der Waals surface area contributed by atoms with E-state index in [1.165, 1.54) is 18.2 Å². The molecule has 0 fully saturated rings. The van der Waals surface area contributed by atoms with Crippen LogP contribution in [0.5, 0.6) is 0 Å². The Kier molecular flexibility index (Phi) is 5.09. The number of ether oxygens (including phenoxy) is 1. The molecule has 0 saturated heterocycles. The highest BCUT2D eigenvalue weighted by Crippen LogP contribution is 2.32. The fourth-order valence-electron chi connectivity index (χ4n) is 4.14. The molecule has 7 nitrogen and oxygen atoms in total. The highest BCUT2D eigenvalue weighted by atomic mass is 16.5. The van der Waals surface area contributed by atoms with Gasteiger partial charge < -0.3 is 9.72 Å². The first-order valence-electron chi connectivity index (χ1n) is 10.7. The maximum absolute atomic E-state index is 13.1. The molecule has 0 spiro atoms. The number of H-pyrrole nitrogens is 1. The number of hydrogen-bond acceptors (Lipinski definition) is 5. The molecular formula is C27H20N2O5. The molecule has 34 heavy (non-hydrogen) atoms. The van der Waals surface area contributed by atoms with E-state index in [-0.39, 0.29) is 22.5 Å². The molecule has 0 atom stereocenters. The first-order valence-corrected chi connectivity index (χ1v) is 10.7. The number of carbonyl (C=O) groups is 4. The summed E-state index contributed by atoms with van der Waals surface area (Å²) in [5, 5.41) is 0.747. The van der Waals surface area contributed by atoms with Gasteiger partial charge in [-0.2, -0.15) is 0 Å². The SMILES string of the molecule is Cc1ccc(C)c(N2C(=O)c3ccc(C(=O)OCC(=O)c4c[nH]c5ccccc45)cc3C2=O)c1. The van der Waals surface area contributed by atoms with Gasteiger partial charge in [0.25, 0.3) is 11.8 Å². The van der Waals surface area contributed by atoms with Crippen molar-refractivity contribution in [3.63, 3.8) is 0 Å². The minimum absolute atomic E-state index is 0.0921. The summed E-state index contributed by atoms with van der Waals surface area (Å²) in [5.41, 5.74) is 3.90. The molecule has 0 saturated carbocycles. The van der Waals surface area contributed by atoms with E-state index in [2.05, 4.69) is 4.98 Å². The van der Waals surface area contributed by atoms with Gasteiger partial charge in [-0.1, -0.05) is 30.3 Å². The van der Waals surface area contributed by atoms with Crippen LogP contribution < -0.4 is 4.90 Å². The van der Waals surface area contributed by atoms with Crippen molar-refractivity contribution < 1.29 is 23.9 Å². The number of imide groups is 1. The zero-order chi connectivity index (χ0) is 24.0. The highest BCUT2D eigenvalue weighted by Gasteiger charge is 2.38. The molecule has 0 aliphatic carbocycles. The fraction of sp³-hybridized carbons (Fsp3) is 0.111. The fourth-order valence-corrected chi connectivity index (χ4v) is 4.14. The van der Waals surface area contributed by atoms with E-state index in [0.717, 1.165) is 26.9 Å². The number of nitrogens with zero attached hydrogens (tertiary/aromatic N) is 1. The van der Waals surface area contributed by atoms with E-state index in [0.29, 0.717) is 11.3 Å². The maximum atomic E-state index is 13.1. The van der Waals surface area contributed by atoms with Gasteiger partial charge in [-0.15, -0.1) is 0 Å². The molecule has 168 valence electrons. The minimum Gasteiger partial charge on any atom is -0.454 e. The third-order valence-corrected chi connectivity index (χ3v) is 5.95. The van der Waals surface area contributed by atoms with E-state index in [9.17, 15) is 19.2 Å². The van der Waals surface area contributed by atoms with Crippen molar-refractivity contribution in [1.82, 2.24) is 4.98 Å². The molecule has 1 aliphatic heterocycles. The molecule has 1 N–H and O–H groups in total. The molecule has 0 radical (unpaired) electrons.